The van der Waals surface area contributed by atoms with Crippen molar-refractivity contribution >= 4 is 0 Å². The van der Waals surface area contributed by atoms with Crippen LogP contribution in [0.1, 0.15) is 16.7 Å². The largest absolute Gasteiger partial charge is 0.255 e. The smallest absolute Gasteiger partial charge is 0.115 e. The van der Waals surface area contributed by atoms with Gasteiger partial charge in [0.2, 0.25) is 0 Å². The van der Waals surface area contributed by atoms with Crippen molar-refractivity contribution in [2.24, 2.45) is 0 Å². The van der Waals surface area contributed by atoms with Crippen LogP contribution in [0.2, 0.25) is 0 Å². The van der Waals surface area contributed by atoms with Gasteiger partial charge in [-0.1, -0.05) is 11.8 Å². The summed E-state index contributed by atoms with van der Waals surface area (Å²) in [4.78, 5) is 16.6. The Balaban J connectivity index is 1.93. The monoisotopic (exact) mass is 272 g/mol. The van der Waals surface area contributed by atoms with Gasteiger partial charge >= 0.3 is 0 Å². The van der Waals surface area contributed by atoms with Crippen molar-refractivity contribution in [2.75, 3.05) is 0 Å². The summed E-state index contributed by atoms with van der Waals surface area (Å²) >= 11 is 0. The van der Waals surface area contributed by atoms with Gasteiger partial charge in [0.05, 0.1) is 17.0 Å². The SMILES string of the molecule is Cc1ccnc(-c2cc(C#Cc3cncnc3)ccn2)c1. The molecule has 0 saturated heterocycles. The third kappa shape index (κ3) is 3.28. The molecule has 0 fully saturated rings. The maximum Gasteiger partial charge on any atom is 0.115 e. The van der Waals surface area contributed by atoms with Crippen LogP contribution in [0.3, 0.4) is 0 Å². The second kappa shape index (κ2) is 5.93. The van der Waals surface area contributed by atoms with Crippen molar-refractivity contribution in [3.05, 3.63) is 72.1 Å². The Bertz CT molecular complexity index is 817. The Morgan fingerprint density at radius 3 is 2.24 bits per heavy atom. The average Bonchev–Trinajstić information content (AvgIpc) is 2.54. The summed E-state index contributed by atoms with van der Waals surface area (Å²) < 4.78 is 0. The summed E-state index contributed by atoms with van der Waals surface area (Å²) in [5, 5.41) is 0. The normalized spacial score (nSPS) is 9.76. The minimum Gasteiger partial charge on any atom is -0.255 e. The Hall–Kier alpha value is -3.06. The topological polar surface area (TPSA) is 51.6 Å². The molecule has 100 valence electrons. The molecule has 3 rings (SSSR count). The zero-order chi connectivity index (χ0) is 14.5. The van der Waals surface area contributed by atoms with Crippen molar-refractivity contribution in [1.82, 2.24) is 19.9 Å². The van der Waals surface area contributed by atoms with Gasteiger partial charge in [-0.05, 0) is 36.8 Å². The molecule has 3 aromatic heterocycles. The Morgan fingerprint density at radius 2 is 1.48 bits per heavy atom. The third-order valence-corrected chi connectivity index (χ3v) is 2.85. The second-order valence-corrected chi connectivity index (χ2v) is 4.53. The average molecular weight is 272 g/mol. The number of aromatic nitrogens is 4. The van der Waals surface area contributed by atoms with Crippen LogP contribution in [0, 0.1) is 18.8 Å². The highest BCUT2D eigenvalue weighted by molar-refractivity contribution is 5.57. The van der Waals surface area contributed by atoms with Gasteiger partial charge in [-0.2, -0.15) is 0 Å². The summed E-state index contributed by atoms with van der Waals surface area (Å²) in [7, 11) is 0. The van der Waals surface area contributed by atoms with Crippen LogP contribution in [0.15, 0.2) is 55.4 Å². The van der Waals surface area contributed by atoms with E-state index < -0.39 is 0 Å². The highest BCUT2D eigenvalue weighted by atomic mass is 14.8. The highest BCUT2D eigenvalue weighted by Gasteiger charge is 2.01. The fourth-order valence-corrected chi connectivity index (χ4v) is 1.83. The second-order valence-electron chi connectivity index (χ2n) is 4.53. The van der Waals surface area contributed by atoms with Crippen molar-refractivity contribution < 1.29 is 0 Å². The molecule has 0 atom stereocenters. The molecular weight excluding hydrogens is 260 g/mol. The Kier molecular flexibility index (Phi) is 3.66. The number of hydrogen-bond acceptors (Lipinski definition) is 4. The Labute approximate surface area is 123 Å². The number of hydrogen-bond donors (Lipinski definition) is 0. The summed E-state index contributed by atoms with van der Waals surface area (Å²) in [6, 6.07) is 7.77. The standard InChI is InChI=1S/C17H12N4/c1-13-4-6-20-16(8-13)17-9-14(5-7-21-17)2-3-15-10-18-12-19-11-15/h4-12H,1H3. The Morgan fingerprint density at radius 1 is 0.810 bits per heavy atom. The molecule has 0 N–H and O–H groups in total. The maximum atomic E-state index is 4.35. The van der Waals surface area contributed by atoms with Crippen LogP contribution in [-0.2, 0) is 0 Å². The van der Waals surface area contributed by atoms with E-state index in [-0.39, 0.29) is 0 Å². The molecule has 0 radical (unpaired) electrons. The first kappa shape index (κ1) is 12.9. The highest BCUT2D eigenvalue weighted by Crippen LogP contribution is 2.15. The van der Waals surface area contributed by atoms with E-state index in [1.54, 1.807) is 24.8 Å². The van der Waals surface area contributed by atoms with Gasteiger partial charge in [0, 0.05) is 30.4 Å². The van der Waals surface area contributed by atoms with E-state index >= 15 is 0 Å². The first-order chi connectivity index (χ1) is 10.3. The molecule has 4 heteroatoms. The molecule has 0 aliphatic heterocycles. The molecule has 0 bridgehead atoms. The van der Waals surface area contributed by atoms with Crippen molar-refractivity contribution in [2.45, 2.75) is 6.92 Å². The van der Waals surface area contributed by atoms with Gasteiger partial charge in [-0.3, -0.25) is 9.97 Å². The van der Waals surface area contributed by atoms with E-state index in [9.17, 15) is 0 Å². The molecule has 3 aromatic rings. The predicted molar refractivity (Wildman–Crippen MR) is 80.2 cm³/mol. The van der Waals surface area contributed by atoms with E-state index in [1.807, 2.05) is 31.2 Å². The van der Waals surface area contributed by atoms with Gasteiger partial charge in [-0.25, -0.2) is 9.97 Å². The molecule has 0 saturated carbocycles. The van der Waals surface area contributed by atoms with Crippen molar-refractivity contribution in [1.29, 1.82) is 0 Å². The fraction of sp³-hybridized carbons (Fsp3) is 0.0588. The lowest BCUT2D eigenvalue weighted by atomic mass is 10.1. The summed E-state index contributed by atoms with van der Waals surface area (Å²) in [6.45, 7) is 2.03. The number of pyridine rings is 2. The molecule has 3 heterocycles. The minimum absolute atomic E-state index is 0.782. The third-order valence-electron chi connectivity index (χ3n) is 2.85. The van der Waals surface area contributed by atoms with E-state index in [0.29, 0.717) is 0 Å². The summed E-state index contributed by atoms with van der Waals surface area (Å²) in [5.41, 5.74) is 4.48. The van der Waals surface area contributed by atoms with Gasteiger partial charge in [-0.15, -0.1) is 0 Å². The molecule has 0 aliphatic carbocycles. The molecular formula is C17H12N4. The number of nitrogens with zero attached hydrogens (tertiary/aromatic N) is 4. The van der Waals surface area contributed by atoms with Crippen LogP contribution >= 0.6 is 0 Å². The quantitative estimate of drug-likeness (QED) is 0.639. The fourth-order valence-electron chi connectivity index (χ4n) is 1.83. The van der Waals surface area contributed by atoms with E-state index in [0.717, 1.165) is 28.1 Å². The van der Waals surface area contributed by atoms with Crippen LogP contribution in [0.25, 0.3) is 11.4 Å². The molecule has 4 nitrogen and oxygen atoms in total. The van der Waals surface area contributed by atoms with Gasteiger partial charge < -0.3 is 0 Å². The van der Waals surface area contributed by atoms with Gasteiger partial charge in [0.1, 0.15) is 6.33 Å². The van der Waals surface area contributed by atoms with Gasteiger partial charge in [0.15, 0.2) is 0 Å². The first-order valence-electron chi connectivity index (χ1n) is 6.47. The zero-order valence-corrected chi connectivity index (χ0v) is 11.5. The van der Waals surface area contributed by atoms with Crippen molar-refractivity contribution in [3.8, 4) is 23.2 Å². The molecule has 0 unspecified atom stereocenters. The summed E-state index contributed by atoms with van der Waals surface area (Å²) in [5.74, 6) is 6.12. The van der Waals surface area contributed by atoms with Crippen molar-refractivity contribution in [3.63, 3.8) is 0 Å². The lowest BCUT2D eigenvalue weighted by molar-refractivity contribution is 1.16. The molecule has 21 heavy (non-hydrogen) atoms. The van der Waals surface area contributed by atoms with Gasteiger partial charge in [0.25, 0.3) is 0 Å². The van der Waals surface area contributed by atoms with E-state index in [2.05, 4.69) is 31.8 Å². The lowest BCUT2D eigenvalue weighted by Gasteiger charge is -2.01. The van der Waals surface area contributed by atoms with E-state index in [1.165, 1.54) is 6.33 Å². The summed E-state index contributed by atoms with van der Waals surface area (Å²) in [6.07, 6.45) is 8.38. The lowest BCUT2D eigenvalue weighted by Crippen LogP contribution is -1.89. The van der Waals surface area contributed by atoms with Crippen LogP contribution < -0.4 is 0 Å². The first-order valence-corrected chi connectivity index (χ1v) is 6.47. The molecule has 0 amide bonds. The molecule has 0 spiro atoms. The molecule has 0 aromatic carbocycles. The molecule has 0 aliphatic rings. The van der Waals surface area contributed by atoms with Crippen LogP contribution in [-0.4, -0.2) is 19.9 Å². The van der Waals surface area contributed by atoms with E-state index in [4.69, 9.17) is 0 Å². The van der Waals surface area contributed by atoms with Crippen LogP contribution in [0.5, 0.6) is 0 Å². The number of aryl methyl sites for hydroxylation is 1. The number of rotatable bonds is 1. The predicted octanol–water partition coefficient (Wildman–Crippen LogP) is 2.64. The minimum atomic E-state index is 0.782. The zero-order valence-electron chi connectivity index (χ0n) is 11.5. The van der Waals surface area contributed by atoms with Crippen LogP contribution in [0.4, 0.5) is 0 Å². The maximum absolute atomic E-state index is 4.35.